The maximum Gasteiger partial charge on any atom is 0.252 e. The molecule has 0 aliphatic rings. The van der Waals surface area contributed by atoms with Crippen molar-refractivity contribution in [2.24, 2.45) is 0 Å². The van der Waals surface area contributed by atoms with Gasteiger partial charge in [0.05, 0.1) is 15.6 Å². The normalized spacial score (nSPS) is 11.4. The van der Waals surface area contributed by atoms with Gasteiger partial charge < -0.3 is 0 Å². The minimum absolute atomic E-state index is 0.148. The number of halogens is 1. The molecule has 0 aliphatic carbocycles. The summed E-state index contributed by atoms with van der Waals surface area (Å²) in [6, 6.07) is 7.99. The maximum absolute atomic E-state index is 12.1. The lowest BCUT2D eigenvalue weighted by Crippen LogP contribution is -2.08. The van der Waals surface area contributed by atoms with Gasteiger partial charge in [-0.05, 0) is 19.1 Å². The maximum atomic E-state index is 12.1. The van der Waals surface area contributed by atoms with E-state index in [4.69, 9.17) is 11.6 Å². The van der Waals surface area contributed by atoms with Gasteiger partial charge in [-0.25, -0.2) is 18.4 Å². The Morgan fingerprint density at radius 3 is 2.47 bits per heavy atom. The van der Waals surface area contributed by atoms with Gasteiger partial charge >= 0.3 is 0 Å². The van der Waals surface area contributed by atoms with Gasteiger partial charge in [-0.3, -0.25) is 0 Å². The van der Waals surface area contributed by atoms with Gasteiger partial charge in [0, 0.05) is 0 Å². The van der Waals surface area contributed by atoms with Gasteiger partial charge in [0.2, 0.25) is 9.84 Å². The molecule has 87 valence electrons. The number of rotatable bonds is 2. The average molecular weight is 268 g/mol. The Bertz CT molecular complexity index is 642. The van der Waals surface area contributed by atoms with E-state index in [-0.39, 0.29) is 15.1 Å². The summed E-state index contributed by atoms with van der Waals surface area (Å²) in [5.41, 5.74) is 0.385. The van der Waals surface area contributed by atoms with Crippen LogP contribution in [0.15, 0.2) is 40.4 Å². The highest BCUT2D eigenvalue weighted by Gasteiger charge is 2.21. The van der Waals surface area contributed by atoms with E-state index in [0.717, 1.165) is 0 Å². The Morgan fingerprint density at radius 1 is 1.24 bits per heavy atom. The molecule has 0 saturated carbocycles. The number of hydrogen-bond donors (Lipinski definition) is 0. The fourth-order valence-electron chi connectivity index (χ4n) is 1.22. The highest BCUT2D eigenvalue weighted by Crippen LogP contribution is 2.19. The molecular formula is C11H8ClN2O2S. The number of sulfone groups is 1. The van der Waals surface area contributed by atoms with Crippen LogP contribution in [0.25, 0.3) is 0 Å². The lowest BCUT2D eigenvalue weighted by atomic mass is 10.4. The molecule has 0 bridgehead atoms. The molecular weight excluding hydrogens is 260 g/mol. The van der Waals surface area contributed by atoms with E-state index >= 15 is 0 Å². The summed E-state index contributed by atoms with van der Waals surface area (Å²) in [4.78, 5) is 7.64. The molecule has 4 nitrogen and oxygen atoms in total. The predicted molar refractivity (Wildman–Crippen MR) is 62.5 cm³/mol. The van der Waals surface area contributed by atoms with Crippen LogP contribution in [-0.4, -0.2) is 18.4 Å². The molecule has 0 spiro atoms. The number of hydrogen-bond acceptors (Lipinski definition) is 4. The van der Waals surface area contributed by atoms with Gasteiger partial charge in [0.1, 0.15) is 6.20 Å². The Hall–Kier alpha value is -1.46. The Labute approximate surface area is 104 Å². The molecule has 17 heavy (non-hydrogen) atoms. The largest absolute Gasteiger partial charge is 0.252 e. The van der Waals surface area contributed by atoms with Gasteiger partial charge in [0.25, 0.3) is 5.16 Å². The summed E-state index contributed by atoms with van der Waals surface area (Å²) >= 11 is 5.70. The molecule has 0 saturated heterocycles. The predicted octanol–water partition coefficient (Wildman–Crippen LogP) is 2.07. The van der Waals surface area contributed by atoms with Crippen molar-refractivity contribution in [3.8, 4) is 0 Å². The van der Waals surface area contributed by atoms with Crippen molar-refractivity contribution in [1.82, 2.24) is 9.97 Å². The first-order valence-electron chi connectivity index (χ1n) is 4.74. The molecule has 1 heterocycles. The summed E-state index contributed by atoms with van der Waals surface area (Å²) in [6.45, 7) is 1.60. The summed E-state index contributed by atoms with van der Waals surface area (Å²) < 4.78 is 24.2. The average Bonchev–Trinajstić information content (AvgIpc) is 2.33. The van der Waals surface area contributed by atoms with E-state index in [9.17, 15) is 8.42 Å². The van der Waals surface area contributed by atoms with Crippen molar-refractivity contribution in [2.45, 2.75) is 17.0 Å². The number of benzene rings is 1. The van der Waals surface area contributed by atoms with Crippen LogP contribution in [0.5, 0.6) is 0 Å². The van der Waals surface area contributed by atoms with Crippen molar-refractivity contribution < 1.29 is 8.42 Å². The Kier molecular flexibility index (Phi) is 3.13. The molecule has 0 atom stereocenters. The SMILES string of the molecule is Cc1nc(S(=O)(=O)c2ccccc2)n[c]c1Cl. The molecule has 2 rings (SSSR count). The topological polar surface area (TPSA) is 59.9 Å². The third-order valence-corrected chi connectivity index (χ3v) is 4.04. The third-order valence-electron chi connectivity index (χ3n) is 2.12. The lowest BCUT2D eigenvalue weighted by molar-refractivity contribution is 0.586. The first-order valence-corrected chi connectivity index (χ1v) is 6.60. The van der Waals surface area contributed by atoms with Crippen LogP contribution in [0.2, 0.25) is 5.02 Å². The van der Waals surface area contributed by atoms with Crippen molar-refractivity contribution in [3.63, 3.8) is 0 Å². The van der Waals surface area contributed by atoms with E-state index in [1.807, 2.05) is 0 Å². The summed E-state index contributed by atoms with van der Waals surface area (Å²) in [7, 11) is -3.69. The molecule has 0 amide bonds. The highest BCUT2D eigenvalue weighted by molar-refractivity contribution is 7.91. The Morgan fingerprint density at radius 2 is 1.88 bits per heavy atom. The molecule has 1 aromatic carbocycles. The van der Waals surface area contributed by atoms with E-state index in [1.54, 1.807) is 25.1 Å². The monoisotopic (exact) mass is 267 g/mol. The number of aryl methyl sites for hydroxylation is 1. The number of aromatic nitrogens is 2. The Balaban J connectivity index is 2.57. The second kappa shape index (κ2) is 4.43. The van der Waals surface area contributed by atoms with Gasteiger partial charge in [-0.15, -0.1) is 0 Å². The minimum Gasteiger partial charge on any atom is -0.222 e. The second-order valence-corrected chi connectivity index (χ2v) is 5.56. The summed E-state index contributed by atoms with van der Waals surface area (Å²) in [5.74, 6) is 0. The summed E-state index contributed by atoms with van der Waals surface area (Å²) in [6.07, 6.45) is 2.42. The molecule has 1 aromatic heterocycles. The van der Waals surface area contributed by atoms with Gasteiger partial charge in [-0.2, -0.15) is 0 Å². The van der Waals surface area contributed by atoms with Gasteiger partial charge in [0.15, 0.2) is 0 Å². The van der Waals surface area contributed by atoms with E-state index in [2.05, 4.69) is 16.2 Å². The van der Waals surface area contributed by atoms with Crippen LogP contribution in [0.1, 0.15) is 5.69 Å². The van der Waals surface area contributed by atoms with Crippen LogP contribution in [0, 0.1) is 13.1 Å². The fraction of sp³-hybridized carbons (Fsp3) is 0.0909. The molecule has 0 fully saturated rings. The minimum atomic E-state index is -3.69. The molecule has 6 heteroatoms. The molecule has 2 aromatic rings. The van der Waals surface area contributed by atoms with E-state index in [1.165, 1.54) is 12.1 Å². The molecule has 0 N–H and O–H groups in total. The van der Waals surface area contributed by atoms with E-state index < -0.39 is 9.84 Å². The highest BCUT2D eigenvalue weighted by atomic mass is 35.5. The molecule has 0 unspecified atom stereocenters. The van der Waals surface area contributed by atoms with E-state index in [0.29, 0.717) is 5.69 Å². The first kappa shape index (κ1) is 12.0. The van der Waals surface area contributed by atoms with Crippen molar-refractivity contribution in [2.75, 3.05) is 0 Å². The van der Waals surface area contributed by atoms with Crippen LogP contribution in [0.4, 0.5) is 0 Å². The van der Waals surface area contributed by atoms with Crippen molar-refractivity contribution in [3.05, 3.63) is 47.2 Å². The first-order chi connectivity index (χ1) is 8.01. The van der Waals surface area contributed by atoms with Crippen LogP contribution in [0.3, 0.4) is 0 Å². The van der Waals surface area contributed by atoms with Crippen molar-refractivity contribution in [1.29, 1.82) is 0 Å². The van der Waals surface area contributed by atoms with Crippen LogP contribution in [-0.2, 0) is 9.84 Å². The molecule has 0 aliphatic heterocycles. The second-order valence-electron chi connectivity index (χ2n) is 3.33. The lowest BCUT2D eigenvalue weighted by Gasteiger charge is -2.03. The number of nitrogens with zero attached hydrogens (tertiary/aromatic N) is 2. The standard InChI is InChI=1S/C11H8ClN2O2S/c1-8-10(12)7-13-11(14-8)17(15,16)9-5-3-2-4-6-9/h2-6H,1H3. The van der Waals surface area contributed by atoms with Crippen molar-refractivity contribution >= 4 is 21.4 Å². The van der Waals surface area contributed by atoms with Crippen LogP contribution < -0.4 is 0 Å². The third kappa shape index (κ3) is 2.30. The smallest absolute Gasteiger partial charge is 0.222 e. The zero-order chi connectivity index (χ0) is 12.5. The molecule has 1 radical (unpaired) electrons. The quantitative estimate of drug-likeness (QED) is 0.782. The zero-order valence-electron chi connectivity index (χ0n) is 8.88. The fourth-order valence-corrected chi connectivity index (χ4v) is 2.45. The van der Waals surface area contributed by atoms with Crippen LogP contribution >= 0.6 is 11.6 Å². The summed E-state index contributed by atoms with van der Waals surface area (Å²) in [5, 5.41) is -0.0670. The zero-order valence-corrected chi connectivity index (χ0v) is 10.5. The van der Waals surface area contributed by atoms with Gasteiger partial charge in [-0.1, -0.05) is 29.8 Å².